The number of rotatable bonds is 4. The summed E-state index contributed by atoms with van der Waals surface area (Å²) in [6.45, 7) is 23.2. The van der Waals surface area contributed by atoms with E-state index in [0.717, 1.165) is 0 Å². The summed E-state index contributed by atoms with van der Waals surface area (Å²) in [4.78, 5) is 44.1. The summed E-state index contributed by atoms with van der Waals surface area (Å²) < 4.78 is 22.0. The van der Waals surface area contributed by atoms with Crippen molar-refractivity contribution in [2.45, 2.75) is 117 Å². The van der Waals surface area contributed by atoms with Crippen molar-refractivity contribution in [1.29, 1.82) is 0 Å². The molecule has 2 aromatic rings. The molecule has 0 atom stereocenters. The molecular weight excluding hydrogens is 825 g/mol. The average Bonchev–Trinajstić information content (AvgIpc) is 2.65. The van der Waals surface area contributed by atoms with Crippen LogP contribution < -0.4 is 19.6 Å². The molecule has 0 unspecified atom stereocenters. The molecule has 2 rings (SSSR count). The van der Waals surface area contributed by atoms with Gasteiger partial charge in [0.2, 0.25) is 0 Å². The van der Waals surface area contributed by atoms with E-state index in [1.807, 2.05) is 83.1 Å². The van der Waals surface area contributed by atoms with Crippen LogP contribution in [0.1, 0.15) is 116 Å². The maximum Gasteiger partial charge on any atom is 2.00 e. The molecule has 2 aromatic carbocycles. The van der Waals surface area contributed by atoms with Crippen molar-refractivity contribution in [1.82, 2.24) is 0 Å². The molecule has 0 fully saturated rings. The van der Waals surface area contributed by atoms with Crippen LogP contribution in [0.4, 0.5) is 0 Å². The fraction of sp³-hybridized carbons (Fsp3) is 0.600. The van der Waals surface area contributed by atoms with Crippen LogP contribution in [0.2, 0.25) is 0 Å². The summed E-state index contributed by atoms with van der Waals surface area (Å²) in [6.07, 6.45) is -1.06. The molecule has 0 saturated heterocycles. The molecular formula is C30H46Ba2O8P2. The first-order chi connectivity index (χ1) is 17.4. The molecule has 0 bridgehead atoms. The molecule has 0 aliphatic rings. The largest absolute Gasteiger partial charge is 2.00 e. The number of hydrogen-bond donors (Lipinski definition) is 2. The fourth-order valence-electron chi connectivity index (χ4n) is 4.31. The predicted molar refractivity (Wildman–Crippen MR) is 165 cm³/mol. The Hall–Kier alpha value is 1.48. The van der Waals surface area contributed by atoms with Crippen LogP contribution in [0.15, 0.2) is 24.3 Å². The maximum atomic E-state index is 11.0. The molecule has 2 N–H and O–H groups in total. The van der Waals surface area contributed by atoms with Crippen molar-refractivity contribution >= 4 is 113 Å². The first-order valence-electron chi connectivity index (χ1n) is 13.2. The van der Waals surface area contributed by atoms with Crippen LogP contribution in [0.25, 0.3) is 0 Å². The average molecular weight is 871 g/mol. The number of phenols is 2. The smallest absolute Gasteiger partial charge is 0.810 e. The monoisotopic (exact) mass is 872 g/mol. The van der Waals surface area contributed by atoms with Crippen molar-refractivity contribution in [2.24, 2.45) is 0 Å². The molecule has 0 aromatic heterocycles. The van der Waals surface area contributed by atoms with Crippen molar-refractivity contribution < 1.29 is 38.9 Å². The zero-order valence-electron chi connectivity index (χ0n) is 27.4. The second kappa shape index (κ2) is 16.1. The molecule has 0 aliphatic carbocycles. The first kappa shape index (κ1) is 45.6. The van der Waals surface area contributed by atoms with Crippen LogP contribution in [0.3, 0.4) is 0 Å². The van der Waals surface area contributed by atoms with E-state index in [2.05, 4.69) is 0 Å². The minimum Gasteiger partial charge on any atom is -0.810 e. The molecule has 0 heterocycles. The number of phenolic OH excluding ortho intramolecular Hbond substituents is 2. The standard InChI is InChI=1S/2C15H25O4P.2Ba/c2*1-14(2,3)11-7-10(9-20(17,18)19)8-12(13(11)16)15(4,5)6;;/h2*7-8,16H,9H2,1-6H3,(H2,17,18,19);;/q;;2*+2/p-4. The van der Waals surface area contributed by atoms with Crippen LogP contribution >= 0.6 is 15.2 Å². The Morgan fingerprint density at radius 2 is 0.667 bits per heavy atom. The Bertz CT molecular complexity index is 1130. The second-order valence-corrected chi connectivity index (χ2v) is 17.7. The van der Waals surface area contributed by atoms with Crippen molar-refractivity contribution in [3.05, 3.63) is 57.6 Å². The molecule has 0 aliphatic heterocycles. The summed E-state index contributed by atoms with van der Waals surface area (Å²) in [7, 11) is -9.26. The summed E-state index contributed by atoms with van der Waals surface area (Å²) in [6, 6.07) is 6.47. The summed E-state index contributed by atoms with van der Waals surface area (Å²) in [5.41, 5.74) is 2.16. The van der Waals surface area contributed by atoms with Gasteiger partial charge in [0.1, 0.15) is 11.5 Å². The molecule has 42 heavy (non-hydrogen) atoms. The van der Waals surface area contributed by atoms with Crippen LogP contribution in [0, 0.1) is 0 Å². The Morgan fingerprint density at radius 1 is 0.500 bits per heavy atom. The number of benzene rings is 2. The van der Waals surface area contributed by atoms with Crippen molar-refractivity contribution in [3.8, 4) is 11.5 Å². The van der Waals surface area contributed by atoms with Gasteiger partial charge in [-0.1, -0.05) is 123 Å². The summed E-state index contributed by atoms with van der Waals surface area (Å²) in [5, 5.41) is 20.9. The van der Waals surface area contributed by atoms with E-state index in [1.165, 1.54) is 0 Å². The van der Waals surface area contributed by atoms with Gasteiger partial charge in [-0.15, -0.1) is 0 Å². The molecule has 12 heteroatoms. The third-order valence-electron chi connectivity index (χ3n) is 6.32. The Morgan fingerprint density at radius 3 is 0.786 bits per heavy atom. The molecule has 0 amide bonds. The molecule has 8 nitrogen and oxygen atoms in total. The third-order valence-corrected chi connectivity index (χ3v) is 7.83. The molecule has 0 spiro atoms. The van der Waals surface area contributed by atoms with Crippen LogP contribution in [0.5, 0.6) is 11.5 Å². The zero-order valence-corrected chi connectivity index (χ0v) is 38.0. The van der Waals surface area contributed by atoms with Gasteiger partial charge in [0.15, 0.2) is 0 Å². The Labute approximate surface area is 333 Å². The zero-order chi connectivity index (χ0) is 31.9. The van der Waals surface area contributed by atoms with Crippen LogP contribution in [-0.4, -0.2) is 108 Å². The van der Waals surface area contributed by atoms with Gasteiger partial charge in [-0.3, -0.25) is 0 Å². The number of hydrogen-bond acceptors (Lipinski definition) is 8. The van der Waals surface area contributed by atoms with E-state index in [1.54, 1.807) is 24.3 Å². The van der Waals surface area contributed by atoms with Gasteiger partial charge in [-0.2, -0.15) is 0 Å². The molecule has 0 radical (unpaired) electrons. The van der Waals surface area contributed by atoms with E-state index in [4.69, 9.17) is 0 Å². The van der Waals surface area contributed by atoms with E-state index in [0.29, 0.717) is 33.4 Å². The quantitative estimate of drug-likeness (QED) is 0.343. The molecule has 0 saturated carbocycles. The van der Waals surface area contributed by atoms with Gasteiger partial charge < -0.3 is 38.9 Å². The van der Waals surface area contributed by atoms with E-state index in [9.17, 15) is 38.9 Å². The van der Waals surface area contributed by atoms with E-state index >= 15 is 0 Å². The van der Waals surface area contributed by atoms with Crippen molar-refractivity contribution in [2.75, 3.05) is 0 Å². The van der Waals surface area contributed by atoms with Gasteiger partial charge in [0.05, 0.1) is 0 Å². The van der Waals surface area contributed by atoms with Gasteiger partial charge in [0, 0.05) is 12.3 Å². The van der Waals surface area contributed by atoms with E-state index < -0.39 is 27.5 Å². The van der Waals surface area contributed by atoms with Gasteiger partial charge >= 0.3 is 97.8 Å². The minimum absolute atomic E-state index is 0. The summed E-state index contributed by atoms with van der Waals surface area (Å²) in [5.74, 6) is 0.362. The van der Waals surface area contributed by atoms with Gasteiger partial charge in [-0.05, 0) is 55.0 Å². The minimum atomic E-state index is -4.63. The normalized spacial score (nSPS) is 13.0. The van der Waals surface area contributed by atoms with Gasteiger partial charge in [0.25, 0.3) is 0 Å². The second-order valence-electron chi connectivity index (χ2n) is 14.6. The van der Waals surface area contributed by atoms with Gasteiger partial charge in [-0.25, -0.2) is 0 Å². The Balaban J connectivity index is 0. The SMILES string of the molecule is CC(C)(C)c1cc(CP(=O)([O-])[O-])cc(C(C)(C)C)c1O.CC(C)(C)c1cc(CP(=O)([O-])[O-])cc(C(C)(C)C)c1O.[Ba+2].[Ba+2]. The van der Waals surface area contributed by atoms with E-state index in [-0.39, 0.29) is 131 Å². The summed E-state index contributed by atoms with van der Waals surface area (Å²) >= 11 is 0. The van der Waals surface area contributed by atoms with Crippen molar-refractivity contribution in [3.63, 3.8) is 0 Å². The first-order valence-corrected chi connectivity index (χ1v) is 16.6. The third kappa shape index (κ3) is 14.9. The predicted octanol–water partition coefficient (Wildman–Crippen LogP) is 4.04. The maximum absolute atomic E-state index is 11.0. The van der Waals surface area contributed by atoms with Crippen LogP contribution in [-0.2, 0) is 43.1 Å². The molecule has 228 valence electrons. The number of aromatic hydroxyl groups is 2. The fourth-order valence-corrected chi connectivity index (χ4v) is 5.56. The topological polar surface area (TPSA) is 167 Å². The Kier molecular flexibility index (Phi) is 17.4.